The second-order valence-electron chi connectivity index (χ2n) is 10.3. The minimum absolute atomic E-state index is 0.264. The number of imidazole rings is 1. The van der Waals surface area contributed by atoms with Crippen molar-refractivity contribution >= 4 is 34.5 Å². The number of fused-ring (bicyclic) bond motifs is 1. The molecular formula is C33H36FN7S. The van der Waals surface area contributed by atoms with Gasteiger partial charge in [0, 0.05) is 22.8 Å². The Kier molecular flexibility index (Phi) is 9.09. The predicted molar refractivity (Wildman–Crippen MR) is 172 cm³/mol. The number of piperidine rings is 1. The normalized spacial score (nSPS) is 15.9. The van der Waals surface area contributed by atoms with Crippen LogP contribution in [-0.4, -0.2) is 38.2 Å². The molecule has 0 spiro atoms. The van der Waals surface area contributed by atoms with Crippen molar-refractivity contribution in [3.05, 3.63) is 101 Å². The van der Waals surface area contributed by atoms with Crippen LogP contribution in [0.5, 0.6) is 0 Å². The van der Waals surface area contributed by atoms with Crippen molar-refractivity contribution in [2.45, 2.75) is 33.1 Å². The average molecular weight is 582 g/mol. The third kappa shape index (κ3) is 6.42. The summed E-state index contributed by atoms with van der Waals surface area (Å²) < 4.78 is 13.8. The van der Waals surface area contributed by atoms with E-state index in [4.69, 9.17) is 4.98 Å². The fraction of sp³-hybridized carbons (Fsp3) is 0.242. The van der Waals surface area contributed by atoms with Gasteiger partial charge in [0.2, 0.25) is 0 Å². The molecule has 42 heavy (non-hydrogen) atoms. The van der Waals surface area contributed by atoms with Gasteiger partial charge in [-0.15, -0.1) is 11.3 Å². The van der Waals surface area contributed by atoms with Crippen LogP contribution >= 0.6 is 11.3 Å². The molecule has 4 N–H and O–H groups in total. The molecule has 1 aliphatic rings. The molecule has 9 heteroatoms. The standard InChI is InChI=1S/C33H36FN7S/c1-6-23(19-24(7-2)37-21(5)18-22-11-14-35-15-12-22)20(4)17-25-26(8-3)40-41-30(25)33-38-27-13-16-36-32(31(27)39-33)28-9-10-29(34)42-28/h6-10,13,16-17,19,22,35,37,40H,2,4-5,11-12,14-15,18H2,1,3H3,(H,38,39)/b23-6+,24-19+,25-17+,26-8+. The lowest BCUT2D eigenvalue weighted by atomic mass is 9.93. The van der Waals surface area contributed by atoms with E-state index < -0.39 is 0 Å². The van der Waals surface area contributed by atoms with E-state index in [-0.39, 0.29) is 5.13 Å². The van der Waals surface area contributed by atoms with Gasteiger partial charge in [-0.2, -0.15) is 9.49 Å². The number of halogens is 1. The van der Waals surface area contributed by atoms with Crippen molar-refractivity contribution in [1.29, 1.82) is 0 Å². The Balaban J connectivity index is 1.45. The van der Waals surface area contributed by atoms with Gasteiger partial charge in [-0.1, -0.05) is 31.9 Å². The number of aromatic nitrogens is 5. The number of hydrogen-bond donors (Lipinski definition) is 4. The first-order chi connectivity index (χ1) is 20.4. The van der Waals surface area contributed by atoms with E-state index in [1.807, 2.05) is 44.2 Å². The number of hydrogen-bond acceptors (Lipinski definition) is 6. The van der Waals surface area contributed by atoms with Crippen LogP contribution in [0.1, 0.15) is 33.1 Å². The molecule has 0 aliphatic carbocycles. The topological polar surface area (TPSA) is 94.3 Å². The Hall–Kier alpha value is -4.34. The fourth-order valence-corrected chi connectivity index (χ4v) is 5.93. The average Bonchev–Trinajstić information content (AvgIpc) is 3.73. The zero-order valence-electron chi connectivity index (χ0n) is 24.1. The molecule has 0 atom stereocenters. The molecule has 0 radical (unpaired) electrons. The van der Waals surface area contributed by atoms with Crippen molar-refractivity contribution in [1.82, 2.24) is 35.8 Å². The van der Waals surface area contributed by atoms with E-state index in [1.54, 1.807) is 18.3 Å². The molecular weight excluding hydrogens is 545 g/mol. The van der Waals surface area contributed by atoms with Gasteiger partial charge in [-0.25, -0.2) is 4.98 Å². The smallest absolute Gasteiger partial charge is 0.177 e. The third-order valence-electron chi connectivity index (χ3n) is 7.40. The van der Waals surface area contributed by atoms with Crippen LogP contribution in [0.3, 0.4) is 0 Å². The minimum atomic E-state index is -0.264. The lowest BCUT2D eigenvalue weighted by Crippen LogP contribution is -2.28. The summed E-state index contributed by atoms with van der Waals surface area (Å²) in [5, 5.41) is 16.0. The number of thiophene rings is 1. The lowest BCUT2D eigenvalue weighted by Gasteiger charge is -2.24. The van der Waals surface area contributed by atoms with Crippen LogP contribution in [0.4, 0.5) is 4.39 Å². The summed E-state index contributed by atoms with van der Waals surface area (Å²) in [6, 6.07) is 5.01. The Morgan fingerprint density at radius 1 is 1.17 bits per heavy atom. The van der Waals surface area contributed by atoms with E-state index in [0.717, 1.165) is 74.3 Å². The number of nitrogens with zero attached hydrogens (tertiary/aromatic N) is 3. The van der Waals surface area contributed by atoms with Crippen molar-refractivity contribution in [3.63, 3.8) is 0 Å². The van der Waals surface area contributed by atoms with Gasteiger partial charge in [-0.3, -0.25) is 10.1 Å². The van der Waals surface area contributed by atoms with Crippen molar-refractivity contribution < 1.29 is 4.39 Å². The lowest BCUT2D eigenvalue weighted by molar-refractivity contribution is 0.368. The molecule has 0 unspecified atom stereocenters. The summed E-state index contributed by atoms with van der Waals surface area (Å²) in [5.41, 5.74) is 6.34. The van der Waals surface area contributed by atoms with Crippen LogP contribution in [0, 0.1) is 11.0 Å². The van der Waals surface area contributed by atoms with Crippen LogP contribution in [-0.2, 0) is 0 Å². The minimum Gasteiger partial charge on any atom is -0.359 e. The molecule has 1 saturated heterocycles. The van der Waals surface area contributed by atoms with Crippen molar-refractivity contribution in [3.8, 4) is 22.1 Å². The number of aromatic amines is 2. The quantitative estimate of drug-likeness (QED) is 0.176. The summed E-state index contributed by atoms with van der Waals surface area (Å²) in [4.78, 5) is 13.4. The first-order valence-corrected chi connectivity index (χ1v) is 14.9. The Labute approximate surface area is 249 Å². The Bertz CT molecular complexity index is 1810. The number of allylic oxidation sites excluding steroid dienone is 6. The zero-order chi connectivity index (χ0) is 29.6. The molecule has 0 bridgehead atoms. The van der Waals surface area contributed by atoms with Crippen molar-refractivity contribution in [2.24, 2.45) is 5.92 Å². The van der Waals surface area contributed by atoms with E-state index in [9.17, 15) is 4.39 Å². The molecule has 216 valence electrons. The molecule has 4 aromatic heterocycles. The van der Waals surface area contributed by atoms with E-state index in [1.165, 1.54) is 18.9 Å². The Morgan fingerprint density at radius 2 is 1.98 bits per heavy atom. The summed E-state index contributed by atoms with van der Waals surface area (Å²) >= 11 is 1.04. The van der Waals surface area contributed by atoms with Gasteiger partial charge >= 0.3 is 0 Å². The van der Waals surface area contributed by atoms with Gasteiger partial charge in [0.05, 0.1) is 15.7 Å². The van der Waals surface area contributed by atoms with Crippen LogP contribution in [0.25, 0.3) is 45.3 Å². The second kappa shape index (κ2) is 13.1. The fourth-order valence-electron chi connectivity index (χ4n) is 5.20. The van der Waals surface area contributed by atoms with Crippen LogP contribution < -0.4 is 21.2 Å². The largest absolute Gasteiger partial charge is 0.359 e. The molecule has 5 rings (SSSR count). The highest BCUT2D eigenvalue weighted by molar-refractivity contribution is 7.13. The molecule has 1 aliphatic heterocycles. The van der Waals surface area contributed by atoms with Gasteiger partial charge in [0.15, 0.2) is 11.0 Å². The molecule has 0 saturated carbocycles. The highest BCUT2D eigenvalue weighted by atomic mass is 32.1. The maximum absolute atomic E-state index is 13.8. The first kappa shape index (κ1) is 29.2. The molecule has 0 aromatic carbocycles. The number of rotatable bonds is 10. The predicted octanol–water partition coefficient (Wildman–Crippen LogP) is 5.86. The third-order valence-corrected chi connectivity index (χ3v) is 8.28. The van der Waals surface area contributed by atoms with Gasteiger partial charge in [0.25, 0.3) is 0 Å². The maximum atomic E-state index is 13.8. The number of pyridine rings is 1. The molecule has 1 fully saturated rings. The molecule has 5 heterocycles. The van der Waals surface area contributed by atoms with Crippen LogP contribution in [0.2, 0.25) is 0 Å². The number of H-pyrrole nitrogens is 2. The van der Waals surface area contributed by atoms with E-state index in [0.29, 0.717) is 28.6 Å². The zero-order valence-corrected chi connectivity index (χ0v) is 24.9. The van der Waals surface area contributed by atoms with Gasteiger partial charge < -0.3 is 15.6 Å². The number of nitrogens with one attached hydrogen (secondary N) is 4. The second-order valence-corrected chi connectivity index (χ2v) is 11.3. The first-order valence-electron chi connectivity index (χ1n) is 14.1. The van der Waals surface area contributed by atoms with Gasteiger partial charge in [-0.05, 0) is 99.7 Å². The summed E-state index contributed by atoms with van der Waals surface area (Å²) in [7, 11) is 0. The Morgan fingerprint density at radius 3 is 2.67 bits per heavy atom. The molecule has 7 nitrogen and oxygen atoms in total. The molecule has 4 aromatic rings. The summed E-state index contributed by atoms with van der Waals surface area (Å²) in [6.45, 7) is 18.7. The van der Waals surface area contributed by atoms with Crippen molar-refractivity contribution in [2.75, 3.05) is 13.1 Å². The van der Waals surface area contributed by atoms with Crippen LogP contribution in [0.15, 0.2) is 84.9 Å². The highest BCUT2D eigenvalue weighted by Crippen LogP contribution is 2.31. The van der Waals surface area contributed by atoms with E-state index >= 15 is 0 Å². The summed E-state index contributed by atoms with van der Waals surface area (Å²) in [6.07, 6.45) is 14.8. The monoisotopic (exact) mass is 581 g/mol. The maximum Gasteiger partial charge on any atom is 0.177 e. The SMILES string of the molecule is C=C/C(=C\C(=C/C)C(=C)/C=c1/c(-c2nc3c(-c4ccc(F)s4)nccc3[nH]2)n[nH]/c1=C/C)NC(=C)CC1CCNCC1. The molecule has 0 amide bonds. The summed E-state index contributed by atoms with van der Waals surface area (Å²) in [5.74, 6) is 1.22. The van der Waals surface area contributed by atoms with Gasteiger partial charge in [0.1, 0.15) is 16.9 Å². The highest BCUT2D eigenvalue weighted by Gasteiger charge is 2.17. The van der Waals surface area contributed by atoms with E-state index in [2.05, 4.69) is 50.5 Å².